The summed E-state index contributed by atoms with van der Waals surface area (Å²) in [4.78, 5) is 10.7. The number of carbonyl (C=O) groups is 1. The summed E-state index contributed by atoms with van der Waals surface area (Å²) in [5, 5.41) is 17.4. The number of aldehydes is 1. The number of carbonyl (C=O) groups excluding carboxylic acids is 1. The van der Waals surface area contributed by atoms with Gasteiger partial charge < -0.3 is 10.0 Å². The molecule has 3 nitrogen and oxygen atoms in total. The summed E-state index contributed by atoms with van der Waals surface area (Å²) in [5.41, 5.74) is 0.458. The highest BCUT2D eigenvalue weighted by Crippen LogP contribution is 2.29. The minimum Gasteiger partial charge on any atom is -0.423 e. The lowest BCUT2D eigenvalue weighted by molar-refractivity contribution is -0.104. The average Bonchev–Trinajstić information content (AvgIpc) is 2.33. The Kier molecular flexibility index (Phi) is 2.53. The molecule has 0 radical (unpaired) electrons. The second-order valence-electron chi connectivity index (χ2n) is 1.98. The fraction of sp³-hybridized carbons (Fsp3) is 0.400. The van der Waals surface area contributed by atoms with Gasteiger partial charge in [0.1, 0.15) is 0 Å². The van der Waals surface area contributed by atoms with Crippen molar-refractivity contribution in [1.82, 2.24) is 0 Å². The Hall–Kier alpha value is -0.255. The molecule has 10 heavy (non-hydrogen) atoms. The number of allylic oxidation sites excluding steroid dienone is 2. The first-order chi connectivity index (χ1) is 4.75. The van der Waals surface area contributed by atoms with E-state index >= 15 is 0 Å². The Labute approximate surface area is 63.3 Å². The molecule has 0 aromatic heterocycles. The second-order valence-corrected chi connectivity index (χ2v) is 3.12. The van der Waals surface area contributed by atoms with E-state index in [1.165, 1.54) is 11.8 Å². The van der Waals surface area contributed by atoms with Crippen LogP contribution in [0.1, 0.15) is 6.42 Å². The summed E-state index contributed by atoms with van der Waals surface area (Å²) < 4.78 is 0. The molecule has 1 heterocycles. The van der Waals surface area contributed by atoms with Gasteiger partial charge in [-0.3, -0.25) is 4.79 Å². The van der Waals surface area contributed by atoms with Crippen molar-refractivity contribution in [2.45, 2.75) is 6.42 Å². The molecule has 5 heteroatoms. The van der Waals surface area contributed by atoms with E-state index in [1.807, 2.05) is 0 Å². The average molecular weight is 158 g/mol. The Bertz CT molecular complexity index is 178. The highest BCUT2D eigenvalue weighted by Gasteiger charge is 2.23. The van der Waals surface area contributed by atoms with E-state index in [0.29, 0.717) is 23.1 Å². The van der Waals surface area contributed by atoms with Gasteiger partial charge in [-0.15, -0.1) is 11.8 Å². The number of hydrogen-bond donors (Lipinski definition) is 2. The molecule has 1 aliphatic rings. The first kappa shape index (κ1) is 7.85. The number of rotatable bonds is 2. The first-order valence-electron chi connectivity index (χ1n) is 2.93. The van der Waals surface area contributed by atoms with Crippen molar-refractivity contribution < 1.29 is 14.8 Å². The zero-order valence-electron chi connectivity index (χ0n) is 5.28. The van der Waals surface area contributed by atoms with Crippen LogP contribution in [-0.2, 0) is 4.79 Å². The molecule has 0 saturated carbocycles. The standard InChI is InChI=1S/C5H7BO3S/c7-3-5-4(6(8)9)1-2-10-5/h3,8-9H,1-2H2. The zero-order valence-corrected chi connectivity index (χ0v) is 6.10. The molecule has 1 rings (SSSR count). The van der Waals surface area contributed by atoms with Gasteiger partial charge in [-0.05, 0) is 11.9 Å². The normalized spacial score (nSPS) is 17.8. The Morgan fingerprint density at radius 3 is 2.70 bits per heavy atom. The largest absolute Gasteiger partial charge is 0.485 e. The summed E-state index contributed by atoms with van der Waals surface area (Å²) in [6.07, 6.45) is 1.28. The van der Waals surface area contributed by atoms with Gasteiger partial charge in [-0.25, -0.2) is 0 Å². The Balaban J connectivity index is 2.77. The van der Waals surface area contributed by atoms with Crippen molar-refractivity contribution in [2.24, 2.45) is 0 Å². The van der Waals surface area contributed by atoms with Crippen LogP contribution in [0.2, 0.25) is 0 Å². The van der Waals surface area contributed by atoms with E-state index < -0.39 is 7.12 Å². The summed E-state index contributed by atoms with van der Waals surface area (Å²) in [7, 11) is -1.45. The molecule has 0 aliphatic carbocycles. The minimum absolute atomic E-state index is 0.458. The van der Waals surface area contributed by atoms with Gasteiger partial charge in [0.15, 0.2) is 6.29 Å². The molecule has 0 fully saturated rings. The van der Waals surface area contributed by atoms with Gasteiger partial charge >= 0.3 is 7.12 Å². The van der Waals surface area contributed by atoms with Gasteiger partial charge in [0.25, 0.3) is 0 Å². The lowest BCUT2D eigenvalue weighted by Crippen LogP contribution is -2.15. The van der Waals surface area contributed by atoms with Crippen molar-refractivity contribution in [1.29, 1.82) is 0 Å². The third-order valence-electron chi connectivity index (χ3n) is 1.36. The van der Waals surface area contributed by atoms with Crippen LogP contribution in [0, 0.1) is 0 Å². The monoisotopic (exact) mass is 158 g/mol. The van der Waals surface area contributed by atoms with Gasteiger partial charge in [-0.1, -0.05) is 0 Å². The van der Waals surface area contributed by atoms with E-state index in [4.69, 9.17) is 10.0 Å². The van der Waals surface area contributed by atoms with Crippen LogP contribution in [0.3, 0.4) is 0 Å². The SMILES string of the molecule is O=CC1=C(B(O)O)CCS1. The molecule has 0 unspecified atom stereocenters. The molecule has 0 aromatic rings. The maximum absolute atomic E-state index is 10.2. The molecule has 0 saturated heterocycles. The summed E-state index contributed by atoms with van der Waals surface area (Å²) in [5.74, 6) is 0.779. The molecule has 0 aromatic carbocycles. The van der Waals surface area contributed by atoms with E-state index in [2.05, 4.69) is 0 Å². The van der Waals surface area contributed by atoms with Crippen LogP contribution in [0.25, 0.3) is 0 Å². The lowest BCUT2D eigenvalue weighted by Gasteiger charge is -1.96. The van der Waals surface area contributed by atoms with Crippen LogP contribution >= 0.6 is 11.8 Å². The highest BCUT2D eigenvalue weighted by molar-refractivity contribution is 8.04. The summed E-state index contributed by atoms with van der Waals surface area (Å²) >= 11 is 1.37. The van der Waals surface area contributed by atoms with Crippen LogP contribution in [-0.4, -0.2) is 29.2 Å². The minimum atomic E-state index is -1.45. The van der Waals surface area contributed by atoms with Crippen molar-refractivity contribution in [3.63, 3.8) is 0 Å². The van der Waals surface area contributed by atoms with Crippen molar-refractivity contribution in [3.8, 4) is 0 Å². The van der Waals surface area contributed by atoms with E-state index in [9.17, 15) is 4.79 Å². The lowest BCUT2D eigenvalue weighted by atomic mass is 9.77. The third kappa shape index (κ3) is 1.42. The maximum atomic E-state index is 10.2. The van der Waals surface area contributed by atoms with Crippen LogP contribution in [0.5, 0.6) is 0 Å². The number of thioether (sulfide) groups is 1. The fourth-order valence-corrected chi connectivity index (χ4v) is 1.86. The van der Waals surface area contributed by atoms with Crippen molar-refractivity contribution in [3.05, 3.63) is 10.4 Å². The first-order valence-corrected chi connectivity index (χ1v) is 3.91. The van der Waals surface area contributed by atoms with E-state index in [1.54, 1.807) is 0 Å². The van der Waals surface area contributed by atoms with E-state index in [0.717, 1.165) is 5.75 Å². The molecular weight excluding hydrogens is 151 g/mol. The molecule has 1 aliphatic heterocycles. The van der Waals surface area contributed by atoms with Crippen LogP contribution in [0.4, 0.5) is 0 Å². The molecule has 2 N–H and O–H groups in total. The number of hydrogen-bond acceptors (Lipinski definition) is 4. The van der Waals surface area contributed by atoms with Gasteiger partial charge in [0.2, 0.25) is 0 Å². The fourth-order valence-electron chi connectivity index (χ4n) is 0.853. The molecule has 0 bridgehead atoms. The van der Waals surface area contributed by atoms with Crippen molar-refractivity contribution >= 4 is 25.2 Å². The molecular formula is C5H7BO3S. The maximum Gasteiger partial charge on any atom is 0.485 e. The summed E-state index contributed by atoms with van der Waals surface area (Å²) in [6.45, 7) is 0. The van der Waals surface area contributed by atoms with Crippen LogP contribution in [0.15, 0.2) is 10.4 Å². The quantitative estimate of drug-likeness (QED) is 0.423. The van der Waals surface area contributed by atoms with Gasteiger partial charge in [0.05, 0.1) is 0 Å². The summed E-state index contributed by atoms with van der Waals surface area (Å²) in [6, 6.07) is 0. The van der Waals surface area contributed by atoms with Crippen molar-refractivity contribution in [2.75, 3.05) is 5.75 Å². The molecule has 0 spiro atoms. The Morgan fingerprint density at radius 1 is 1.60 bits per heavy atom. The van der Waals surface area contributed by atoms with Gasteiger partial charge in [-0.2, -0.15) is 0 Å². The van der Waals surface area contributed by atoms with Gasteiger partial charge in [0, 0.05) is 10.7 Å². The third-order valence-corrected chi connectivity index (χ3v) is 2.44. The van der Waals surface area contributed by atoms with E-state index in [-0.39, 0.29) is 0 Å². The molecule has 54 valence electrons. The molecule has 0 atom stereocenters. The smallest absolute Gasteiger partial charge is 0.423 e. The topological polar surface area (TPSA) is 57.5 Å². The predicted octanol–water partition coefficient (Wildman–Crippen LogP) is -0.412. The molecule has 0 amide bonds. The predicted molar refractivity (Wildman–Crippen MR) is 40.4 cm³/mol. The Morgan fingerprint density at radius 2 is 2.30 bits per heavy atom. The second kappa shape index (κ2) is 3.23. The highest BCUT2D eigenvalue weighted by atomic mass is 32.2. The zero-order chi connectivity index (χ0) is 7.56. The van der Waals surface area contributed by atoms with Crippen LogP contribution < -0.4 is 0 Å².